The predicted octanol–water partition coefficient (Wildman–Crippen LogP) is 4.34. The number of nitrogens with zero attached hydrogens (tertiary/aromatic N) is 1. The first-order valence-corrected chi connectivity index (χ1v) is 6.40. The smallest absolute Gasteiger partial charge is 0.293 e. The Labute approximate surface area is 122 Å². The molecular formula is C12H9BrClN3O2. The van der Waals surface area contributed by atoms with E-state index < -0.39 is 4.92 Å². The van der Waals surface area contributed by atoms with Crippen molar-refractivity contribution in [3.8, 4) is 0 Å². The molecule has 0 bridgehead atoms. The SMILES string of the molecule is Nc1ccc(Cl)c(Nc2ccc(Br)cc2[N+](=O)[O-])c1. The number of rotatable bonds is 3. The molecular weight excluding hydrogens is 334 g/mol. The number of nitrogens with two attached hydrogens (primary N) is 1. The second-order valence-corrected chi connectivity index (χ2v) is 5.11. The zero-order valence-corrected chi connectivity index (χ0v) is 11.9. The monoisotopic (exact) mass is 341 g/mol. The molecule has 0 amide bonds. The number of hydrogen-bond acceptors (Lipinski definition) is 4. The minimum Gasteiger partial charge on any atom is -0.399 e. The first-order valence-electron chi connectivity index (χ1n) is 5.23. The van der Waals surface area contributed by atoms with Crippen molar-refractivity contribution in [3.63, 3.8) is 0 Å². The van der Waals surface area contributed by atoms with Crippen LogP contribution in [0.15, 0.2) is 40.9 Å². The van der Waals surface area contributed by atoms with E-state index in [0.29, 0.717) is 26.6 Å². The van der Waals surface area contributed by atoms with Crippen molar-refractivity contribution in [1.29, 1.82) is 0 Å². The molecule has 2 rings (SSSR count). The van der Waals surface area contributed by atoms with Crippen molar-refractivity contribution in [3.05, 3.63) is 56.0 Å². The average Bonchev–Trinajstić information content (AvgIpc) is 2.35. The molecule has 7 heteroatoms. The maximum atomic E-state index is 11.0. The van der Waals surface area contributed by atoms with E-state index in [2.05, 4.69) is 21.2 Å². The molecule has 3 N–H and O–H groups in total. The summed E-state index contributed by atoms with van der Waals surface area (Å²) in [4.78, 5) is 10.5. The zero-order chi connectivity index (χ0) is 14.0. The normalized spacial score (nSPS) is 10.2. The van der Waals surface area contributed by atoms with E-state index in [4.69, 9.17) is 17.3 Å². The van der Waals surface area contributed by atoms with E-state index in [-0.39, 0.29) is 5.69 Å². The second kappa shape index (κ2) is 5.46. The van der Waals surface area contributed by atoms with Crippen molar-refractivity contribution < 1.29 is 4.92 Å². The molecule has 0 radical (unpaired) electrons. The lowest BCUT2D eigenvalue weighted by Crippen LogP contribution is -1.98. The lowest BCUT2D eigenvalue weighted by atomic mass is 10.2. The number of nitro benzene ring substituents is 1. The molecule has 0 aliphatic carbocycles. The van der Waals surface area contributed by atoms with Crippen molar-refractivity contribution in [2.24, 2.45) is 0 Å². The fourth-order valence-electron chi connectivity index (χ4n) is 1.55. The van der Waals surface area contributed by atoms with E-state index in [1.54, 1.807) is 30.3 Å². The Kier molecular flexibility index (Phi) is 3.92. The molecule has 0 aromatic heterocycles. The van der Waals surface area contributed by atoms with Gasteiger partial charge in [0.15, 0.2) is 0 Å². The zero-order valence-electron chi connectivity index (χ0n) is 9.56. The van der Waals surface area contributed by atoms with Crippen LogP contribution in [0.1, 0.15) is 0 Å². The minimum absolute atomic E-state index is 0.0483. The molecule has 5 nitrogen and oxygen atoms in total. The summed E-state index contributed by atoms with van der Waals surface area (Å²) < 4.78 is 0.628. The Balaban J connectivity index is 2.43. The molecule has 0 saturated heterocycles. The number of halogens is 2. The Morgan fingerprint density at radius 2 is 1.95 bits per heavy atom. The van der Waals surface area contributed by atoms with Crippen LogP contribution in [0, 0.1) is 10.1 Å². The Hall–Kier alpha value is -1.79. The van der Waals surface area contributed by atoms with Gasteiger partial charge in [-0.25, -0.2) is 0 Å². The van der Waals surface area contributed by atoms with Crippen LogP contribution in [0.25, 0.3) is 0 Å². The molecule has 98 valence electrons. The van der Waals surface area contributed by atoms with E-state index in [9.17, 15) is 10.1 Å². The number of anilines is 3. The summed E-state index contributed by atoms with van der Waals surface area (Å²) in [7, 11) is 0. The predicted molar refractivity (Wildman–Crippen MR) is 79.9 cm³/mol. The standard InChI is InChI=1S/C12H9BrClN3O2/c13-7-1-4-10(12(5-7)17(18)19)16-11-6-8(15)2-3-9(11)14/h1-6,16H,15H2. The quantitative estimate of drug-likeness (QED) is 0.494. The van der Waals surface area contributed by atoms with Gasteiger partial charge in [0.05, 0.1) is 15.6 Å². The van der Waals surface area contributed by atoms with Gasteiger partial charge < -0.3 is 11.1 Å². The van der Waals surface area contributed by atoms with Crippen molar-refractivity contribution >= 4 is 50.3 Å². The van der Waals surface area contributed by atoms with Gasteiger partial charge in [-0.15, -0.1) is 0 Å². The van der Waals surface area contributed by atoms with Crippen molar-refractivity contribution in [1.82, 2.24) is 0 Å². The van der Waals surface area contributed by atoms with Gasteiger partial charge in [-0.2, -0.15) is 0 Å². The van der Waals surface area contributed by atoms with E-state index >= 15 is 0 Å². The molecule has 0 fully saturated rings. The van der Waals surface area contributed by atoms with Crippen LogP contribution in [-0.2, 0) is 0 Å². The second-order valence-electron chi connectivity index (χ2n) is 3.78. The van der Waals surface area contributed by atoms with Crippen molar-refractivity contribution in [2.45, 2.75) is 0 Å². The van der Waals surface area contributed by atoms with Gasteiger partial charge in [-0.3, -0.25) is 10.1 Å². The number of nitrogens with one attached hydrogen (secondary N) is 1. The summed E-state index contributed by atoms with van der Waals surface area (Å²) in [5.74, 6) is 0. The molecule has 2 aromatic carbocycles. The van der Waals surface area contributed by atoms with Gasteiger partial charge in [-0.1, -0.05) is 27.5 Å². The van der Waals surface area contributed by atoms with E-state index in [1.807, 2.05) is 0 Å². The fourth-order valence-corrected chi connectivity index (χ4v) is 2.06. The summed E-state index contributed by atoms with van der Waals surface area (Å²) in [5, 5.41) is 14.4. The first-order chi connectivity index (χ1) is 8.97. The highest BCUT2D eigenvalue weighted by Crippen LogP contribution is 2.33. The highest BCUT2D eigenvalue weighted by Gasteiger charge is 2.15. The van der Waals surface area contributed by atoms with Crippen LogP contribution in [-0.4, -0.2) is 4.92 Å². The maximum absolute atomic E-state index is 11.0. The minimum atomic E-state index is -0.465. The summed E-state index contributed by atoms with van der Waals surface area (Å²) in [5.41, 5.74) is 7.00. The highest BCUT2D eigenvalue weighted by molar-refractivity contribution is 9.10. The van der Waals surface area contributed by atoms with Crippen LogP contribution in [0.2, 0.25) is 5.02 Å². The maximum Gasteiger partial charge on any atom is 0.293 e. The highest BCUT2D eigenvalue weighted by atomic mass is 79.9. The van der Waals surface area contributed by atoms with Crippen molar-refractivity contribution in [2.75, 3.05) is 11.1 Å². The molecule has 0 spiro atoms. The summed E-state index contributed by atoms with van der Waals surface area (Å²) in [6.45, 7) is 0. The lowest BCUT2D eigenvalue weighted by Gasteiger charge is -2.09. The summed E-state index contributed by atoms with van der Waals surface area (Å²) in [6, 6.07) is 9.63. The molecule has 0 aliphatic heterocycles. The third kappa shape index (κ3) is 3.15. The van der Waals surface area contributed by atoms with Gasteiger partial charge in [-0.05, 0) is 30.3 Å². The van der Waals surface area contributed by atoms with Gasteiger partial charge in [0.1, 0.15) is 5.69 Å². The Bertz CT molecular complexity index is 649. The Morgan fingerprint density at radius 1 is 1.21 bits per heavy atom. The summed E-state index contributed by atoms with van der Waals surface area (Å²) >= 11 is 9.21. The lowest BCUT2D eigenvalue weighted by molar-refractivity contribution is -0.384. The fraction of sp³-hybridized carbons (Fsp3) is 0. The number of benzene rings is 2. The topological polar surface area (TPSA) is 81.2 Å². The molecule has 0 saturated carbocycles. The third-order valence-corrected chi connectivity index (χ3v) is 3.24. The van der Waals surface area contributed by atoms with Crippen LogP contribution in [0.4, 0.5) is 22.7 Å². The molecule has 0 heterocycles. The van der Waals surface area contributed by atoms with Crippen LogP contribution in [0.3, 0.4) is 0 Å². The third-order valence-electron chi connectivity index (χ3n) is 2.42. The largest absolute Gasteiger partial charge is 0.399 e. The van der Waals surface area contributed by atoms with E-state index in [0.717, 1.165) is 0 Å². The van der Waals surface area contributed by atoms with Gasteiger partial charge in [0, 0.05) is 16.2 Å². The molecule has 0 atom stereocenters. The Morgan fingerprint density at radius 3 is 2.63 bits per heavy atom. The number of hydrogen-bond donors (Lipinski definition) is 2. The molecule has 19 heavy (non-hydrogen) atoms. The summed E-state index contributed by atoms with van der Waals surface area (Å²) in [6.07, 6.45) is 0. The molecule has 0 aliphatic rings. The van der Waals surface area contributed by atoms with Crippen LogP contribution < -0.4 is 11.1 Å². The molecule has 0 unspecified atom stereocenters. The molecule has 2 aromatic rings. The van der Waals surface area contributed by atoms with Gasteiger partial charge in [0.25, 0.3) is 5.69 Å². The number of nitro groups is 1. The van der Waals surface area contributed by atoms with Crippen LogP contribution >= 0.6 is 27.5 Å². The van der Waals surface area contributed by atoms with Crippen LogP contribution in [0.5, 0.6) is 0 Å². The first kappa shape index (κ1) is 13.6. The average molecular weight is 343 g/mol. The van der Waals surface area contributed by atoms with E-state index in [1.165, 1.54) is 6.07 Å². The number of nitrogen functional groups attached to an aromatic ring is 1. The van der Waals surface area contributed by atoms with Gasteiger partial charge in [0.2, 0.25) is 0 Å². The van der Waals surface area contributed by atoms with Gasteiger partial charge >= 0.3 is 0 Å².